The number of carbonyl (C=O) groups is 1. The van der Waals surface area contributed by atoms with E-state index in [1.165, 1.54) is 6.07 Å². The standard InChI is InChI=1S/C21H19NO5S/c23-20-12-11-18(28(25,26)22-14-16-7-3-1-4-8-16)13-19(20)21(24)27-15-17-9-5-2-6-10-17/h1-13,22-23H,14-15H2. The van der Waals surface area contributed by atoms with E-state index in [2.05, 4.69) is 4.72 Å². The number of sulfonamides is 1. The molecule has 0 saturated carbocycles. The average molecular weight is 397 g/mol. The van der Waals surface area contributed by atoms with Crippen molar-refractivity contribution in [3.8, 4) is 5.75 Å². The quantitative estimate of drug-likeness (QED) is 0.597. The van der Waals surface area contributed by atoms with Gasteiger partial charge in [-0.15, -0.1) is 0 Å². The number of rotatable bonds is 7. The molecule has 6 nitrogen and oxygen atoms in total. The molecule has 3 aromatic carbocycles. The van der Waals surface area contributed by atoms with Crippen molar-refractivity contribution in [3.05, 3.63) is 95.6 Å². The first-order valence-corrected chi connectivity index (χ1v) is 10.0. The highest BCUT2D eigenvalue weighted by molar-refractivity contribution is 7.89. The minimum atomic E-state index is -3.87. The third-order valence-corrected chi connectivity index (χ3v) is 5.42. The average Bonchev–Trinajstić information content (AvgIpc) is 2.72. The molecule has 0 saturated heterocycles. The number of phenolic OH excluding ortho intramolecular Hbond substituents is 1. The van der Waals surface area contributed by atoms with Crippen molar-refractivity contribution >= 4 is 16.0 Å². The number of hydrogen-bond acceptors (Lipinski definition) is 5. The lowest BCUT2D eigenvalue weighted by Gasteiger charge is -2.10. The van der Waals surface area contributed by atoms with Crippen molar-refractivity contribution in [3.63, 3.8) is 0 Å². The number of benzene rings is 3. The van der Waals surface area contributed by atoms with Crippen LogP contribution in [0.4, 0.5) is 0 Å². The molecule has 144 valence electrons. The molecule has 0 aromatic heterocycles. The van der Waals surface area contributed by atoms with Crippen molar-refractivity contribution in [2.75, 3.05) is 0 Å². The lowest BCUT2D eigenvalue weighted by Crippen LogP contribution is -2.23. The number of hydrogen-bond donors (Lipinski definition) is 2. The Labute approximate surface area is 163 Å². The van der Waals surface area contributed by atoms with Crippen molar-refractivity contribution in [2.45, 2.75) is 18.0 Å². The molecule has 3 rings (SSSR count). The summed E-state index contributed by atoms with van der Waals surface area (Å²) >= 11 is 0. The van der Waals surface area contributed by atoms with E-state index in [1.807, 2.05) is 36.4 Å². The summed E-state index contributed by atoms with van der Waals surface area (Å²) in [6.45, 7) is 0.125. The predicted octanol–water partition coefficient (Wildman–Crippen LogP) is 3.23. The molecule has 0 heterocycles. The molecule has 0 aliphatic carbocycles. The van der Waals surface area contributed by atoms with Crippen molar-refractivity contribution in [2.24, 2.45) is 0 Å². The summed E-state index contributed by atoms with van der Waals surface area (Å²) in [7, 11) is -3.87. The van der Waals surface area contributed by atoms with Crippen LogP contribution in [0.5, 0.6) is 5.75 Å². The van der Waals surface area contributed by atoms with Gasteiger partial charge in [0.15, 0.2) is 0 Å². The van der Waals surface area contributed by atoms with E-state index in [1.54, 1.807) is 24.3 Å². The molecule has 2 N–H and O–H groups in total. The van der Waals surface area contributed by atoms with Crippen LogP contribution in [0.1, 0.15) is 21.5 Å². The zero-order chi connectivity index (χ0) is 20.0. The Morgan fingerprint density at radius 1 is 0.893 bits per heavy atom. The lowest BCUT2D eigenvalue weighted by atomic mass is 10.2. The minimum Gasteiger partial charge on any atom is -0.507 e. The monoisotopic (exact) mass is 397 g/mol. The molecule has 0 aliphatic rings. The van der Waals surface area contributed by atoms with E-state index in [0.717, 1.165) is 23.3 Å². The van der Waals surface area contributed by atoms with Crippen molar-refractivity contribution < 1.29 is 23.1 Å². The normalized spacial score (nSPS) is 11.1. The summed E-state index contributed by atoms with van der Waals surface area (Å²) in [5, 5.41) is 9.96. The molecule has 0 fully saturated rings. The smallest absolute Gasteiger partial charge is 0.342 e. The van der Waals surface area contributed by atoms with Gasteiger partial charge in [-0.25, -0.2) is 17.9 Å². The second-order valence-corrected chi connectivity index (χ2v) is 7.82. The van der Waals surface area contributed by atoms with Crippen LogP contribution < -0.4 is 4.72 Å². The Balaban J connectivity index is 1.73. The number of carbonyl (C=O) groups excluding carboxylic acids is 1. The van der Waals surface area contributed by atoms with Crippen LogP contribution in [0.15, 0.2) is 83.8 Å². The first kappa shape index (κ1) is 19.6. The third kappa shape index (κ3) is 4.97. The van der Waals surface area contributed by atoms with Crippen LogP contribution in [-0.4, -0.2) is 19.5 Å². The molecule has 7 heteroatoms. The van der Waals surface area contributed by atoms with Gasteiger partial charge in [-0.2, -0.15) is 0 Å². The second-order valence-electron chi connectivity index (χ2n) is 6.05. The van der Waals surface area contributed by atoms with Gasteiger partial charge in [-0.05, 0) is 29.3 Å². The van der Waals surface area contributed by atoms with Crippen LogP contribution in [-0.2, 0) is 27.9 Å². The van der Waals surface area contributed by atoms with Crippen LogP contribution in [0, 0.1) is 0 Å². The lowest BCUT2D eigenvalue weighted by molar-refractivity contribution is 0.0469. The van der Waals surface area contributed by atoms with Gasteiger partial charge in [-0.3, -0.25) is 0 Å². The summed E-state index contributed by atoms with van der Waals surface area (Å²) < 4.78 is 32.7. The molecule has 0 aliphatic heterocycles. The maximum Gasteiger partial charge on any atom is 0.342 e. The van der Waals surface area contributed by atoms with E-state index < -0.39 is 16.0 Å². The fraction of sp³-hybridized carbons (Fsp3) is 0.0952. The fourth-order valence-corrected chi connectivity index (χ4v) is 3.55. The zero-order valence-corrected chi connectivity index (χ0v) is 15.7. The minimum absolute atomic E-state index is 0.0162. The van der Waals surface area contributed by atoms with E-state index in [0.29, 0.717) is 0 Å². The van der Waals surface area contributed by atoms with Crippen LogP contribution in [0.2, 0.25) is 0 Å². The SMILES string of the molecule is O=C(OCc1ccccc1)c1cc(S(=O)(=O)NCc2ccccc2)ccc1O. The summed E-state index contributed by atoms with van der Waals surface area (Å²) in [5.41, 5.74) is 1.37. The number of nitrogens with one attached hydrogen (secondary N) is 1. The van der Waals surface area contributed by atoms with Gasteiger partial charge in [0.25, 0.3) is 0 Å². The van der Waals surface area contributed by atoms with Gasteiger partial charge in [0, 0.05) is 6.54 Å². The molecule has 0 atom stereocenters. The number of aromatic hydroxyl groups is 1. The molecule has 0 bridgehead atoms. The molecular formula is C21H19NO5S. The van der Waals surface area contributed by atoms with Crippen molar-refractivity contribution in [1.29, 1.82) is 0 Å². The molecule has 0 amide bonds. The second kappa shape index (κ2) is 8.69. The molecular weight excluding hydrogens is 378 g/mol. The van der Waals surface area contributed by atoms with Gasteiger partial charge in [0.2, 0.25) is 10.0 Å². The van der Waals surface area contributed by atoms with Gasteiger partial charge in [-0.1, -0.05) is 60.7 Å². The zero-order valence-electron chi connectivity index (χ0n) is 14.9. The Morgan fingerprint density at radius 2 is 1.50 bits per heavy atom. The maximum atomic E-state index is 12.5. The van der Waals surface area contributed by atoms with Gasteiger partial charge in [0.1, 0.15) is 17.9 Å². The molecule has 3 aromatic rings. The van der Waals surface area contributed by atoms with E-state index >= 15 is 0 Å². The first-order chi connectivity index (χ1) is 13.5. The van der Waals surface area contributed by atoms with E-state index in [9.17, 15) is 18.3 Å². The third-order valence-electron chi connectivity index (χ3n) is 4.02. The number of ether oxygens (including phenoxy) is 1. The van der Waals surface area contributed by atoms with E-state index in [-0.39, 0.29) is 29.4 Å². The maximum absolute atomic E-state index is 12.5. The first-order valence-electron chi connectivity index (χ1n) is 8.53. The number of phenols is 1. The highest BCUT2D eigenvalue weighted by Gasteiger charge is 2.20. The Bertz CT molecular complexity index is 1050. The van der Waals surface area contributed by atoms with Gasteiger partial charge < -0.3 is 9.84 Å². The summed E-state index contributed by atoms with van der Waals surface area (Å²) in [5.74, 6) is -1.15. The fourth-order valence-electron chi connectivity index (χ4n) is 2.50. The van der Waals surface area contributed by atoms with Gasteiger partial charge in [0.05, 0.1) is 4.90 Å². The van der Waals surface area contributed by atoms with Crippen molar-refractivity contribution in [1.82, 2.24) is 4.72 Å². The number of esters is 1. The van der Waals surface area contributed by atoms with Crippen LogP contribution in [0.3, 0.4) is 0 Å². The topological polar surface area (TPSA) is 92.7 Å². The predicted molar refractivity (Wildman–Crippen MR) is 104 cm³/mol. The summed E-state index contributed by atoms with van der Waals surface area (Å²) in [6.07, 6.45) is 0. The van der Waals surface area contributed by atoms with Crippen LogP contribution in [0.25, 0.3) is 0 Å². The highest BCUT2D eigenvalue weighted by Crippen LogP contribution is 2.23. The molecule has 0 radical (unpaired) electrons. The molecule has 0 unspecified atom stereocenters. The molecule has 0 spiro atoms. The summed E-state index contributed by atoms with van der Waals surface area (Å²) in [4.78, 5) is 12.2. The summed E-state index contributed by atoms with van der Waals surface area (Å²) in [6, 6.07) is 21.6. The highest BCUT2D eigenvalue weighted by atomic mass is 32.2. The van der Waals surface area contributed by atoms with E-state index in [4.69, 9.17) is 4.74 Å². The molecule has 28 heavy (non-hydrogen) atoms. The Morgan fingerprint density at radius 3 is 2.14 bits per heavy atom. The largest absolute Gasteiger partial charge is 0.507 e. The Hall–Kier alpha value is -3.16. The Kier molecular flexibility index (Phi) is 6.08. The van der Waals surface area contributed by atoms with Crippen LogP contribution >= 0.6 is 0 Å². The van der Waals surface area contributed by atoms with Gasteiger partial charge >= 0.3 is 5.97 Å².